The summed E-state index contributed by atoms with van der Waals surface area (Å²) in [7, 11) is 0. The van der Waals surface area contributed by atoms with E-state index in [4.69, 9.17) is 0 Å². The van der Waals surface area contributed by atoms with Crippen molar-refractivity contribution in [3.63, 3.8) is 0 Å². The van der Waals surface area contributed by atoms with Gasteiger partial charge in [0.25, 0.3) is 0 Å². The normalized spacial score (nSPS) is 10.3. The van der Waals surface area contributed by atoms with E-state index >= 15 is 0 Å². The van der Waals surface area contributed by atoms with Gasteiger partial charge in [0.15, 0.2) is 0 Å². The van der Waals surface area contributed by atoms with Crippen molar-refractivity contribution in [1.29, 1.82) is 0 Å². The molecule has 0 aliphatic heterocycles. The third kappa shape index (κ3) is 4.67. The largest absolute Gasteiger partial charge is 0.384 e. The van der Waals surface area contributed by atoms with Crippen LogP contribution in [0.1, 0.15) is 0 Å². The zero-order valence-electron chi connectivity index (χ0n) is 9.70. The first-order valence-electron chi connectivity index (χ1n) is 5.62. The van der Waals surface area contributed by atoms with Gasteiger partial charge in [0.2, 0.25) is 0 Å². The molecule has 2 rings (SSSR count). The van der Waals surface area contributed by atoms with E-state index in [0.717, 1.165) is 26.9 Å². The minimum Gasteiger partial charge on any atom is -0.384 e. The fourth-order valence-electron chi connectivity index (χ4n) is 1.52. The van der Waals surface area contributed by atoms with Crippen LogP contribution in [0, 0.1) is 0 Å². The van der Waals surface area contributed by atoms with Crippen LogP contribution in [-0.4, -0.2) is 12.3 Å². The predicted octanol–water partition coefficient (Wildman–Crippen LogP) is 5.42. The van der Waals surface area contributed by atoms with Gasteiger partial charge in [-0.3, -0.25) is 0 Å². The molecule has 2 aromatic rings. The molecule has 4 heteroatoms. The van der Waals surface area contributed by atoms with Gasteiger partial charge in [0.05, 0.1) is 0 Å². The summed E-state index contributed by atoms with van der Waals surface area (Å²) >= 11 is 8.80. The molecule has 0 aromatic heterocycles. The Kier molecular flexibility index (Phi) is 5.60. The van der Waals surface area contributed by atoms with Gasteiger partial charge < -0.3 is 5.32 Å². The summed E-state index contributed by atoms with van der Waals surface area (Å²) < 4.78 is 2.24. The highest BCUT2D eigenvalue weighted by Gasteiger charge is 1.96. The molecule has 1 N–H and O–H groups in total. The molecule has 0 unspecified atom stereocenters. The molecule has 0 atom stereocenters. The van der Waals surface area contributed by atoms with Crippen molar-refractivity contribution in [3.05, 3.63) is 57.5 Å². The van der Waals surface area contributed by atoms with Crippen molar-refractivity contribution in [2.45, 2.75) is 4.90 Å². The van der Waals surface area contributed by atoms with E-state index in [9.17, 15) is 0 Å². The van der Waals surface area contributed by atoms with Gasteiger partial charge in [-0.2, -0.15) is 0 Å². The lowest BCUT2D eigenvalue weighted by molar-refractivity contribution is 1.22. The van der Waals surface area contributed by atoms with Crippen molar-refractivity contribution in [3.8, 4) is 0 Å². The highest BCUT2D eigenvalue weighted by Crippen LogP contribution is 2.22. The van der Waals surface area contributed by atoms with Gasteiger partial charge >= 0.3 is 0 Å². The van der Waals surface area contributed by atoms with Crippen LogP contribution < -0.4 is 5.32 Å². The van der Waals surface area contributed by atoms with Gasteiger partial charge in [-0.05, 0) is 36.4 Å². The van der Waals surface area contributed by atoms with Crippen molar-refractivity contribution in [2.24, 2.45) is 0 Å². The second kappa shape index (κ2) is 7.22. The molecule has 0 aliphatic carbocycles. The zero-order chi connectivity index (χ0) is 12.8. The minimum absolute atomic E-state index is 0.952. The Labute approximate surface area is 129 Å². The molecule has 0 aliphatic rings. The molecule has 0 radical (unpaired) electrons. The SMILES string of the molecule is Brc1cccc(NCCSc2cccc(Br)c2)c1. The number of nitrogens with one attached hydrogen (secondary N) is 1. The van der Waals surface area contributed by atoms with E-state index in [2.05, 4.69) is 67.5 Å². The molecule has 0 fully saturated rings. The summed E-state index contributed by atoms with van der Waals surface area (Å²) in [5, 5.41) is 3.41. The first-order valence-corrected chi connectivity index (χ1v) is 8.19. The smallest absolute Gasteiger partial charge is 0.0351 e. The number of hydrogen-bond donors (Lipinski definition) is 1. The third-order valence-electron chi connectivity index (χ3n) is 2.32. The van der Waals surface area contributed by atoms with Crippen molar-refractivity contribution < 1.29 is 0 Å². The maximum absolute atomic E-state index is 3.48. The molecule has 1 nitrogen and oxygen atoms in total. The Balaban J connectivity index is 1.76. The molecule has 0 saturated heterocycles. The topological polar surface area (TPSA) is 12.0 Å². The maximum Gasteiger partial charge on any atom is 0.0351 e. The van der Waals surface area contributed by atoms with Crippen molar-refractivity contribution in [1.82, 2.24) is 0 Å². The molecule has 0 spiro atoms. The van der Waals surface area contributed by atoms with Crippen LogP contribution in [-0.2, 0) is 0 Å². The summed E-state index contributed by atoms with van der Waals surface area (Å²) in [5.41, 5.74) is 1.15. The maximum atomic E-state index is 3.48. The highest BCUT2D eigenvalue weighted by atomic mass is 79.9. The van der Waals surface area contributed by atoms with Crippen LogP contribution in [0.15, 0.2) is 62.4 Å². The number of halogens is 2. The summed E-state index contributed by atoms with van der Waals surface area (Å²) in [6, 6.07) is 16.6. The van der Waals surface area contributed by atoms with Gasteiger partial charge in [-0.15, -0.1) is 11.8 Å². The van der Waals surface area contributed by atoms with Gasteiger partial charge in [0, 0.05) is 31.8 Å². The lowest BCUT2D eigenvalue weighted by Crippen LogP contribution is -2.03. The lowest BCUT2D eigenvalue weighted by Gasteiger charge is -2.06. The van der Waals surface area contributed by atoms with Crippen LogP contribution >= 0.6 is 43.6 Å². The van der Waals surface area contributed by atoms with Crippen molar-refractivity contribution in [2.75, 3.05) is 17.6 Å². The fraction of sp³-hybridized carbons (Fsp3) is 0.143. The average Bonchev–Trinajstić information content (AvgIpc) is 2.35. The third-order valence-corrected chi connectivity index (χ3v) is 4.30. The molecule has 2 aromatic carbocycles. The Hall–Kier alpha value is -0.450. The van der Waals surface area contributed by atoms with E-state index in [0.29, 0.717) is 0 Å². The summed E-state index contributed by atoms with van der Waals surface area (Å²) in [5.74, 6) is 1.04. The molecular formula is C14H13Br2NS. The average molecular weight is 387 g/mol. The quantitative estimate of drug-likeness (QED) is 0.544. The van der Waals surface area contributed by atoms with E-state index in [1.807, 2.05) is 30.0 Å². The Morgan fingerprint density at radius 1 is 0.944 bits per heavy atom. The lowest BCUT2D eigenvalue weighted by atomic mass is 10.3. The second-order valence-electron chi connectivity index (χ2n) is 3.74. The molecular weight excluding hydrogens is 374 g/mol. The first kappa shape index (κ1) is 14.0. The number of benzene rings is 2. The Morgan fingerprint density at radius 2 is 1.67 bits per heavy atom. The zero-order valence-corrected chi connectivity index (χ0v) is 13.7. The first-order chi connectivity index (χ1) is 8.74. The van der Waals surface area contributed by atoms with E-state index in [1.54, 1.807) is 0 Å². The number of anilines is 1. The summed E-state index contributed by atoms with van der Waals surface area (Å²) in [4.78, 5) is 1.29. The van der Waals surface area contributed by atoms with E-state index < -0.39 is 0 Å². The van der Waals surface area contributed by atoms with E-state index in [1.165, 1.54) is 4.90 Å². The number of thioether (sulfide) groups is 1. The van der Waals surface area contributed by atoms with Gasteiger partial charge in [0.1, 0.15) is 0 Å². The van der Waals surface area contributed by atoms with Crippen LogP contribution in [0.25, 0.3) is 0 Å². The fourth-order valence-corrected chi connectivity index (χ4v) is 3.29. The highest BCUT2D eigenvalue weighted by molar-refractivity contribution is 9.10. The molecule has 0 amide bonds. The summed E-state index contributed by atoms with van der Waals surface area (Å²) in [6.07, 6.45) is 0. The standard InChI is InChI=1S/C14H13Br2NS/c15-11-3-1-5-13(9-11)17-7-8-18-14-6-2-4-12(16)10-14/h1-6,9-10,17H,7-8H2. The van der Waals surface area contributed by atoms with Gasteiger partial charge in [-0.1, -0.05) is 44.0 Å². The monoisotopic (exact) mass is 385 g/mol. The van der Waals surface area contributed by atoms with Crippen LogP contribution in [0.3, 0.4) is 0 Å². The van der Waals surface area contributed by atoms with Crippen LogP contribution in [0.2, 0.25) is 0 Å². The number of hydrogen-bond acceptors (Lipinski definition) is 2. The molecule has 94 valence electrons. The number of rotatable bonds is 5. The Bertz CT molecular complexity index is 469. The Morgan fingerprint density at radius 3 is 2.39 bits per heavy atom. The molecule has 0 bridgehead atoms. The minimum atomic E-state index is 0.952. The van der Waals surface area contributed by atoms with E-state index in [-0.39, 0.29) is 0 Å². The molecule has 0 heterocycles. The van der Waals surface area contributed by atoms with Gasteiger partial charge in [-0.25, -0.2) is 0 Å². The summed E-state index contributed by atoms with van der Waals surface area (Å²) in [6.45, 7) is 0.952. The predicted molar refractivity (Wildman–Crippen MR) is 87.5 cm³/mol. The second-order valence-corrected chi connectivity index (χ2v) is 6.74. The molecule has 0 saturated carbocycles. The van der Waals surface area contributed by atoms with Crippen LogP contribution in [0.5, 0.6) is 0 Å². The van der Waals surface area contributed by atoms with Crippen LogP contribution in [0.4, 0.5) is 5.69 Å². The molecule has 18 heavy (non-hydrogen) atoms. The van der Waals surface area contributed by atoms with Crippen molar-refractivity contribution >= 4 is 49.3 Å².